The highest BCUT2D eigenvalue weighted by Crippen LogP contribution is 2.31. The maximum absolute atomic E-state index is 5.38. The summed E-state index contributed by atoms with van der Waals surface area (Å²) in [4.78, 5) is 4.33. The van der Waals surface area contributed by atoms with E-state index in [-0.39, 0.29) is 0 Å². The van der Waals surface area contributed by atoms with Crippen molar-refractivity contribution >= 4 is 0 Å². The number of epoxide rings is 1. The van der Waals surface area contributed by atoms with E-state index in [0.29, 0.717) is 18.1 Å². The minimum atomic E-state index is 0.464. The molecular weight excluding hydrogens is 162 g/mol. The fraction of sp³-hybridized carbons (Fsp3) is 0.545. The molecule has 2 rings (SSSR count). The van der Waals surface area contributed by atoms with Crippen molar-refractivity contribution in [2.75, 3.05) is 0 Å². The van der Waals surface area contributed by atoms with Gasteiger partial charge in [0.15, 0.2) is 0 Å². The van der Waals surface area contributed by atoms with E-state index >= 15 is 0 Å². The van der Waals surface area contributed by atoms with Gasteiger partial charge in [0.05, 0.1) is 12.2 Å². The molecule has 1 saturated heterocycles. The third-order valence-electron chi connectivity index (χ3n) is 2.61. The average Bonchev–Trinajstić information content (AvgIpc) is 2.83. The summed E-state index contributed by atoms with van der Waals surface area (Å²) >= 11 is 0. The number of ether oxygens (including phenoxy) is 1. The molecule has 1 aromatic heterocycles. The van der Waals surface area contributed by atoms with Gasteiger partial charge in [-0.1, -0.05) is 13.0 Å². The SMILES string of the molecule is CC(CC1OC1C)c1ccccn1. The van der Waals surface area contributed by atoms with Crippen molar-refractivity contribution < 1.29 is 4.74 Å². The molecule has 0 radical (unpaired) electrons. The number of aromatic nitrogens is 1. The van der Waals surface area contributed by atoms with Crippen LogP contribution in [0.5, 0.6) is 0 Å². The minimum absolute atomic E-state index is 0.464. The van der Waals surface area contributed by atoms with E-state index in [9.17, 15) is 0 Å². The van der Waals surface area contributed by atoms with Crippen LogP contribution in [0.4, 0.5) is 0 Å². The largest absolute Gasteiger partial charge is 0.370 e. The highest BCUT2D eigenvalue weighted by Gasteiger charge is 2.35. The molecule has 3 unspecified atom stereocenters. The zero-order chi connectivity index (χ0) is 9.26. The van der Waals surface area contributed by atoms with Crippen LogP contribution in [0.3, 0.4) is 0 Å². The molecule has 70 valence electrons. The van der Waals surface area contributed by atoms with E-state index in [1.807, 2.05) is 18.3 Å². The fourth-order valence-corrected chi connectivity index (χ4v) is 1.61. The van der Waals surface area contributed by atoms with Crippen LogP contribution >= 0.6 is 0 Å². The van der Waals surface area contributed by atoms with Gasteiger partial charge in [0.1, 0.15) is 0 Å². The van der Waals surface area contributed by atoms with Gasteiger partial charge >= 0.3 is 0 Å². The number of hydrogen-bond acceptors (Lipinski definition) is 2. The Kier molecular flexibility index (Phi) is 2.32. The van der Waals surface area contributed by atoms with Gasteiger partial charge in [-0.3, -0.25) is 4.98 Å². The first-order valence-electron chi connectivity index (χ1n) is 4.84. The summed E-state index contributed by atoms with van der Waals surface area (Å²) < 4.78 is 5.38. The third-order valence-corrected chi connectivity index (χ3v) is 2.61. The molecule has 3 atom stereocenters. The number of rotatable bonds is 3. The van der Waals surface area contributed by atoms with Gasteiger partial charge < -0.3 is 4.74 Å². The molecule has 1 aromatic rings. The zero-order valence-electron chi connectivity index (χ0n) is 8.10. The lowest BCUT2D eigenvalue weighted by atomic mass is 10.0. The van der Waals surface area contributed by atoms with Gasteiger partial charge in [-0.2, -0.15) is 0 Å². The molecule has 1 fully saturated rings. The molecule has 2 nitrogen and oxygen atoms in total. The molecule has 2 heterocycles. The van der Waals surface area contributed by atoms with Gasteiger partial charge in [-0.25, -0.2) is 0 Å². The predicted octanol–water partition coefficient (Wildman–Crippen LogP) is 2.36. The van der Waals surface area contributed by atoms with Crippen LogP contribution in [-0.2, 0) is 4.74 Å². The second kappa shape index (κ2) is 3.46. The summed E-state index contributed by atoms with van der Waals surface area (Å²) in [6.45, 7) is 4.33. The van der Waals surface area contributed by atoms with Crippen LogP contribution in [0.1, 0.15) is 31.9 Å². The van der Waals surface area contributed by atoms with Gasteiger partial charge in [-0.15, -0.1) is 0 Å². The molecule has 0 aromatic carbocycles. The van der Waals surface area contributed by atoms with Crippen LogP contribution < -0.4 is 0 Å². The monoisotopic (exact) mass is 177 g/mol. The van der Waals surface area contributed by atoms with E-state index in [1.165, 1.54) is 5.69 Å². The molecule has 1 aliphatic heterocycles. The summed E-state index contributed by atoms with van der Waals surface area (Å²) in [5.74, 6) is 0.510. The van der Waals surface area contributed by atoms with Crippen LogP contribution in [0.2, 0.25) is 0 Å². The minimum Gasteiger partial charge on any atom is -0.370 e. The molecule has 0 spiro atoms. The summed E-state index contributed by atoms with van der Waals surface area (Å²) in [5, 5.41) is 0. The fourth-order valence-electron chi connectivity index (χ4n) is 1.61. The Balaban J connectivity index is 1.94. The van der Waals surface area contributed by atoms with Gasteiger partial charge in [-0.05, 0) is 25.5 Å². The first kappa shape index (κ1) is 8.70. The summed E-state index contributed by atoms with van der Waals surface area (Å²) in [6, 6.07) is 6.07. The van der Waals surface area contributed by atoms with Crippen LogP contribution in [0.15, 0.2) is 24.4 Å². The Bertz CT molecular complexity index is 273. The zero-order valence-corrected chi connectivity index (χ0v) is 8.10. The smallest absolute Gasteiger partial charge is 0.0845 e. The molecule has 0 N–H and O–H groups in total. The molecule has 0 saturated carbocycles. The van der Waals surface area contributed by atoms with Gasteiger partial charge in [0, 0.05) is 17.8 Å². The molecule has 1 aliphatic rings. The van der Waals surface area contributed by atoms with Gasteiger partial charge in [0.25, 0.3) is 0 Å². The Morgan fingerprint density at radius 3 is 2.85 bits per heavy atom. The highest BCUT2D eigenvalue weighted by molar-refractivity contribution is 5.09. The average molecular weight is 177 g/mol. The van der Waals surface area contributed by atoms with Gasteiger partial charge in [0.2, 0.25) is 0 Å². The van der Waals surface area contributed by atoms with Crippen LogP contribution in [0.25, 0.3) is 0 Å². The summed E-state index contributed by atoms with van der Waals surface area (Å²) in [5.41, 5.74) is 1.17. The Morgan fingerprint density at radius 1 is 1.54 bits per heavy atom. The van der Waals surface area contributed by atoms with Crippen molar-refractivity contribution in [3.63, 3.8) is 0 Å². The second-order valence-corrected chi connectivity index (χ2v) is 3.77. The Hall–Kier alpha value is -0.890. The first-order valence-corrected chi connectivity index (χ1v) is 4.84. The first-order chi connectivity index (χ1) is 6.27. The van der Waals surface area contributed by atoms with Crippen molar-refractivity contribution in [2.45, 2.75) is 38.4 Å². The standard InChI is InChI=1S/C11H15NO/c1-8(7-11-9(2)13-11)10-5-3-4-6-12-10/h3-6,8-9,11H,7H2,1-2H3. The van der Waals surface area contributed by atoms with E-state index in [2.05, 4.69) is 24.9 Å². The lowest BCUT2D eigenvalue weighted by Gasteiger charge is -2.07. The van der Waals surface area contributed by atoms with E-state index < -0.39 is 0 Å². The number of nitrogens with zero attached hydrogens (tertiary/aromatic N) is 1. The number of pyridine rings is 1. The van der Waals surface area contributed by atoms with E-state index in [0.717, 1.165) is 6.42 Å². The quantitative estimate of drug-likeness (QED) is 0.662. The molecule has 2 heteroatoms. The molecule has 0 amide bonds. The summed E-state index contributed by atoms with van der Waals surface area (Å²) in [6.07, 6.45) is 3.88. The summed E-state index contributed by atoms with van der Waals surface area (Å²) in [7, 11) is 0. The molecular formula is C11H15NO. The van der Waals surface area contributed by atoms with E-state index in [1.54, 1.807) is 0 Å². The molecule has 0 bridgehead atoms. The molecule has 0 aliphatic carbocycles. The highest BCUT2D eigenvalue weighted by atomic mass is 16.6. The van der Waals surface area contributed by atoms with Crippen molar-refractivity contribution in [3.8, 4) is 0 Å². The van der Waals surface area contributed by atoms with Crippen molar-refractivity contribution in [1.82, 2.24) is 4.98 Å². The Morgan fingerprint density at radius 2 is 2.31 bits per heavy atom. The van der Waals surface area contributed by atoms with Crippen molar-refractivity contribution in [2.24, 2.45) is 0 Å². The second-order valence-electron chi connectivity index (χ2n) is 3.77. The maximum Gasteiger partial charge on any atom is 0.0845 e. The van der Waals surface area contributed by atoms with E-state index in [4.69, 9.17) is 4.74 Å². The van der Waals surface area contributed by atoms with Crippen LogP contribution in [0, 0.1) is 0 Å². The predicted molar refractivity (Wildman–Crippen MR) is 51.6 cm³/mol. The van der Waals surface area contributed by atoms with Crippen LogP contribution in [-0.4, -0.2) is 17.2 Å². The number of hydrogen-bond donors (Lipinski definition) is 0. The molecule has 13 heavy (non-hydrogen) atoms. The normalized spacial score (nSPS) is 28.5. The van der Waals surface area contributed by atoms with Crippen molar-refractivity contribution in [1.29, 1.82) is 0 Å². The topological polar surface area (TPSA) is 25.4 Å². The maximum atomic E-state index is 5.38. The lowest BCUT2D eigenvalue weighted by molar-refractivity contribution is 0.361. The lowest BCUT2D eigenvalue weighted by Crippen LogP contribution is -2.01. The third kappa shape index (κ3) is 2.07. The Labute approximate surface area is 78.9 Å². The van der Waals surface area contributed by atoms with Crippen molar-refractivity contribution in [3.05, 3.63) is 30.1 Å².